The molecule has 0 saturated carbocycles. The Morgan fingerprint density at radius 1 is 1.55 bits per heavy atom. The Balaban J connectivity index is 2.57. The molecule has 0 aliphatic carbocycles. The summed E-state index contributed by atoms with van der Waals surface area (Å²) in [7, 11) is 0.482. The van der Waals surface area contributed by atoms with Gasteiger partial charge in [-0.1, -0.05) is 12.1 Å². The van der Waals surface area contributed by atoms with Gasteiger partial charge in [0.05, 0.1) is 0 Å². The maximum atomic E-state index is 10.6. The minimum Gasteiger partial charge on any atom is -0.475 e. The lowest BCUT2D eigenvalue weighted by molar-refractivity contribution is -0.148. The number of carboxylic acid groups (broad SMARTS) is 1. The third-order valence-corrected chi connectivity index (χ3v) is 2.33. The van der Waals surface area contributed by atoms with Gasteiger partial charge in [-0.3, -0.25) is 4.79 Å². The van der Waals surface area contributed by atoms with Crippen LogP contribution in [0.4, 0.5) is 0 Å². The van der Waals surface area contributed by atoms with Gasteiger partial charge >= 0.3 is 5.97 Å². The monoisotopic (exact) mass is 170 g/mol. The second kappa shape index (κ2) is 3.35. The van der Waals surface area contributed by atoms with E-state index in [1.54, 1.807) is 6.07 Å². The minimum absolute atomic E-state index is 0.0563. The third-order valence-electron chi connectivity index (χ3n) is 1.25. The van der Waals surface area contributed by atoms with Gasteiger partial charge in [0.25, 0.3) is 0 Å². The predicted molar refractivity (Wildman–Crippen MR) is 42.3 cm³/mol. The number of hydrogen-bond donors (Lipinski definition) is 1. The van der Waals surface area contributed by atoms with Gasteiger partial charge in [-0.25, -0.2) is 4.79 Å². The van der Waals surface area contributed by atoms with Crippen LogP contribution in [0.3, 0.4) is 0 Å². The molecule has 0 saturated heterocycles. The van der Waals surface area contributed by atoms with E-state index in [4.69, 9.17) is 5.11 Å². The van der Waals surface area contributed by atoms with Crippen LogP contribution in [0.5, 0.6) is 0 Å². The van der Waals surface area contributed by atoms with Gasteiger partial charge in [0.15, 0.2) is 0 Å². The highest BCUT2D eigenvalue weighted by Gasteiger charge is 2.11. The molecular weight excluding hydrogens is 163 g/mol. The smallest absolute Gasteiger partial charge is 0.372 e. The molecule has 3 nitrogen and oxygen atoms in total. The Kier molecular flexibility index (Phi) is 2.44. The molecule has 0 aliphatic rings. The predicted octanol–water partition coefficient (Wildman–Crippen LogP) is 0.914. The summed E-state index contributed by atoms with van der Waals surface area (Å²) in [5, 5.41) is 9.15. The van der Waals surface area contributed by atoms with Crippen LogP contribution in [0.15, 0.2) is 17.9 Å². The van der Waals surface area contributed by atoms with E-state index in [1.165, 1.54) is 0 Å². The van der Waals surface area contributed by atoms with Gasteiger partial charge in [-0.15, -0.1) is 8.19 Å². The minimum atomic E-state index is -1.34. The average Bonchev–Trinajstić information content (AvgIpc) is 2.39. The molecule has 1 unspecified atom stereocenters. The first kappa shape index (κ1) is 8.02. The van der Waals surface area contributed by atoms with Crippen molar-refractivity contribution in [1.29, 1.82) is 0 Å². The Bertz CT molecular complexity index is 263. The zero-order valence-corrected chi connectivity index (χ0v) is 6.70. The van der Waals surface area contributed by atoms with Gasteiger partial charge in [0.2, 0.25) is 5.78 Å². The Morgan fingerprint density at radius 3 is 2.73 bits per heavy atom. The molecule has 1 rings (SSSR count). The van der Waals surface area contributed by atoms with Crippen LogP contribution in [-0.2, 0) is 16.0 Å². The lowest BCUT2D eigenvalue weighted by atomic mass is 10.2. The second-order valence-electron chi connectivity index (χ2n) is 2.10. The fourth-order valence-corrected chi connectivity index (χ4v) is 1.59. The molecule has 1 aromatic rings. The van der Waals surface area contributed by atoms with Crippen LogP contribution in [0.2, 0.25) is 0 Å². The highest BCUT2D eigenvalue weighted by molar-refractivity contribution is 7.30. The first-order chi connectivity index (χ1) is 5.20. The molecule has 0 bridgehead atoms. The summed E-state index contributed by atoms with van der Waals surface area (Å²) < 4.78 is 0. The molecule has 0 aromatic carbocycles. The van der Waals surface area contributed by atoms with E-state index in [-0.39, 0.29) is 6.42 Å². The number of ketones is 1. The lowest BCUT2D eigenvalue weighted by Gasteiger charge is -1.90. The van der Waals surface area contributed by atoms with E-state index in [0.717, 1.165) is 5.30 Å². The molecule has 0 fully saturated rings. The van der Waals surface area contributed by atoms with Gasteiger partial charge in [0, 0.05) is 6.42 Å². The van der Waals surface area contributed by atoms with Crippen molar-refractivity contribution in [3.63, 3.8) is 0 Å². The average molecular weight is 170 g/mol. The lowest BCUT2D eigenvalue weighted by Crippen LogP contribution is -2.14. The Morgan fingerprint density at radius 2 is 2.27 bits per heavy atom. The zero-order valence-electron chi connectivity index (χ0n) is 5.70. The van der Waals surface area contributed by atoms with Crippen LogP contribution in [0, 0.1) is 0 Å². The van der Waals surface area contributed by atoms with Crippen molar-refractivity contribution < 1.29 is 14.7 Å². The summed E-state index contributed by atoms with van der Waals surface area (Å²) in [6, 6.07) is 3.63. The molecule has 1 heterocycles. The molecule has 0 radical (unpaired) electrons. The van der Waals surface area contributed by atoms with E-state index in [2.05, 4.69) is 0 Å². The van der Waals surface area contributed by atoms with Crippen molar-refractivity contribution >= 4 is 19.9 Å². The number of carboxylic acids is 1. The van der Waals surface area contributed by atoms with Crippen LogP contribution < -0.4 is 0 Å². The van der Waals surface area contributed by atoms with E-state index in [9.17, 15) is 9.59 Å². The van der Waals surface area contributed by atoms with Crippen molar-refractivity contribution in [2.24, 2.45) is 0 Å². The number of rotatable bonds is 3. The van der Waals surface area contributed by atoms with Crippen molar-refractivity contribution in [3.8, 4) is 0 Å². The molecule has 11 heavy (non-hydrogen) atoms. The van der Waals surface area contributed by atoms with E-state index in [0.29, 0.717) is 8.19 Å². The van der Waals surface area contributed by atoms with Crippen LogP contribution in [-0.4, -0.2) is 16.9 Å². The highest BCUT2D eigenvalue weighted by atomic mass is 31.0. The summed E-state index contributed by atoms with van der Waals surface area (Å²) >= 11 is 0. The Labute approximate surface area is 65.1 Å². The van der Waals surface area contributed by atoms with Gasteiger partial charge in [-0.2, -0.15) is 0 Å². The zero-order chi connectivity index (χ0) is 8.27. The molecule has 58 valence electrons. The van der Waals surface area contributed by atoms with Gasteiger partial charge in [-0.05, 0) is 11.1 Å². The quantitative estimate of drug-likeness (QED) is 0.686. The molecule has 1 atom stereocenters. The third kappa shape index (κ3) is 2.20. The standard InChI is InChI=1S/C7H7O3P/c8-6(7(9)10)4-5-2-1-3-11-5/h1-3,11H,4H2,(H,9,10). The molecule has 1 N–H and O–H groups in total. The van der Waals surface area contributed by atoms with E-state index < -0.39 is 11.8 Å². The summed E-state index contributed by atoms with van der Waals surface area (Å²) in [6.45, 7) is 0. The first-order valence-electron chi connectivity index (χ1n) is 3.08. The molecular formula is C7H7O3P. The molecule has 0 spiro atoms. The SMILES string of the molecule is O=C(O)C(=O)Cc1ccc[pH]1. The first-order valence-corrected chi connectivity index (χ1v) is 4.16. The van der Waals surface area contributed by atoms with Gasteiger partial charge < -0.3 is 5.11 Å². The highest BCUT2D eigenvalue weighted by Crippen LogP contribution is 2.15. The van der Waals surface area contributed by atoms with Crippen molar-refractivity contribution in [2.75, 3.05) is 0 Å². The maximum absolute atomic E-state index is 10.6. The number of hydrogen-bond acceptors (Lipinski definition) is 2. The number of carbonyl (C=O) groups excluding carboxylic acids is 1. The molecule has 0 aliphatic heterocycles. The number of aliphatic carboxylic acids is 1. The summed E-state index contributed by atoms with van der Waals surface area (Å²) in [4.78, 5) is 20.7. The molecule has 0 amide bonds. The van der Waals surface area contributed by atoms with Crippen molar-refractivity contribution in [2.45, 2.75) is 6.42 Å². The summed E-state index contributed by atoms with van der Waals surface area (Å²) in [5.41, 5.74) is 0. The fraction of sp³-hybridized carbons (Fsp3) is 0.143. The van der Waals surface area contributed by atoms with Crippen LogP contribution in [0.25, 0.3) is 0 Å². The normalized spacial score (nSPS) is 10.2. The number of Topliss-reactive ketones (excluding diaryl/α,β-unsaturated/α-hetero) is 1. The number of carbonyl (C=O) groups is 2. The maximum Gasteiger partial charge on any atom is 0.372 e. The van der Waals surface area contributed by atoms with Crippen LogP contribution >= 0.6 is 8.19 Å². The Hall–Kier alpha value is -1.08. The summed E-state index contributed by atoms with van der Waals surface area (Å²) in [6.07, 6.45) is 0.0563. The second-order valence-corrected chi connectivity index (χ2v) is 3.36. The van der Waals surface area contributed by atoms with E-state index in [1.807, 2.05) is 11.9 Å². The van der Waals surface area contributed by atoms with Crippen molar-refractivity contribution in [3.05, 3.63) is 23.2 Å². The van der Waals surface area contributed by atoms with Crippen molar-refractivity contribution in [1.82, 2.24) is 0 Å². The van der Waals surface area contributed by atoms with Gasteiger partial charge in [0.1, 0.15) is 0 Å². The largest absolute Gasteiger partial charge is 0.475 e. The topological polar surface area (TPSA) is 54.4 Å². The van der Waals surface area contributed by atoms with Crippen LogP contribution in [0.1, 0.15) is 5.30 Å². The molecule has 1 aromatic heterocycles. The summed E-state index contributed by atoms with van der Waals surface area (Å²) in [5.74, 6) is -0.153. The van der Waals surface area contributed by atoms with E-state index >= 15 is 0 Å². The molecule has 4 heteroatoms. The fourth-order valence-electron chi connectivity index (χ4n) is 0.726.